The van der Waals surface area contributed by atoms with Gasteiger partial charge < -0.3 is 14.2 Å². The minimum absolute atomic E-state index is 0.119. The lowest BCUT2D eigenvalue weighted by atomic mass is 10.2. The lowest BCUT2D eigenvalue weighted by Crippen LogP contribution is -2.27. The first kappa shape index (κ1) is 19.5. The van der Waals surface area contributed by atoms with Crippen molar-refractivity contribution in [3.8, 4) is 0 Å². The summed E-state index contributed by atoms with van der Waals surface area (Å²) in [4.78, 5) is 31.9. The van der Waals surface area contributed by atoms with E-state index >= 15 is 0 Å². The van der Waals surface area contributed by atoms with Crippen LogP contribution >= 0.6 is 23.1 Å². The molecule has 0 saturated heterocycles. The fourth-order valence-electron chi connectivity index (χ4n) is 2.90. The highest BCUT2D eigenvalue weighted by Gasteiger charge is 2.18. The molecule has 0 aliphatic heterocycles. The number of nitrogens with one attached hydrogen (secondary N) is 1. The topological polar surface area (TPSA) is 90.3 Å². The van der Waals surface area contributed by atoms with Gasteiger partial charge in [0, 0.05) is 4.88 Å². The van der Waals surface area contributed by atoms with Crippen molar-refractivity contribution in [3.63, 3.8) is 0 Å². The van der Waals surface area contributed by atoms with Crippen LogP contribution in [0.3, 0.4) is 0 Å². The van der Waals surface area contributed by atoms with Crippen LogP contribution in [0.15, 0.2) is 55.6 Å². The minimum Gasteiger partial charge on any atom is -0.467 e. The van der Waals surface area contributed by atoms with Crippen LogP contribution in [0, 0.1) is 13.8 Å². The van der Waals surface area contributed by atoms with E-state index in [1.807, 2.05) is 19.9 Å². The normalized spacial score (nSPS) is 11.2. The molecule has 0 atom stereocenters. The quantitative estimate of drug-likeness (QED) is 0.356. The van der Waals surface area contributed by atoms with E-state index in [0.29, 0.717) is 33.4 Å². The van der Waals surface area contributed by atoms with Gasteiger partial charge in [-0.15, -0.1) is 11.3 Å². The molecule has 0 radical (unpaired) electrons. The summed E-state index contributed by atoms with van der Waals surface area (Å²) in [5, 5.41) is 3.92. The van der Waals surface area contributed by atoms with Gasteiger partial charge in [-0.05, 0) is 43.7 Å². The van der Waals surface area contributed by atoms with Crippen LogP contribution in [0.2, 0.25) is 0 Å². The monoisotopic (exact) mass is 429 g/mol. The predicted octanol–water partition coefficient (Wildman–Crippen LogP) is 3.72. The van der Waals surface area contributed by atoms with Gasteiger partial charge in [0.2, 0.25) is 5.91 Å². The predicted molar refractivity (Wildman–Crippen MR) is 112 cm³/mol. The van der Waals surface area contributed by atoms with E-state index in [2.05, 4.69) is 10.3 Å². The maximum Gasteiger partial charge on any atom is 0.263 e. The third-order valence-corrected chi connectivity index (χ3v) is 6.60. The fourth-order valence-corrected chi connectivity index (χ4v) is 4.80. The molecule has 1 amide bonds. The second-order valence-corrected chi connectivity index (χ2v) is 8.62. The summed E-state index contributed by atoms with van der Waals surface area (Å²) in [6, 6.07) is 7.16. The van der Waals surface area contributed by atoms with Gasteiger partial charge in [-0.2, -0.15) is 0 Å². The Kier molecular flexibility index (Phi) is 5.59. The van der Waals surface area contributed by atoms with Crippen molar-refractivity contribution in [3.05, 3.63) is 69.1 Å². The van der Waals surface area contributed by atoms with E-state index in [1.54, 1.807) is 35.3 Å². The summed E-state index contributed by atoms with van der Waals surface area (Å²) in [5.74, 6) is 1.31. The zero-order valence-electron chi connectivity index (χ0n) is 15.9. The Bertz CT molecular complexity index is 1190. The van der Waals surface area contributed by atoms with Crippen LogP contribution < -0.4 is 10.9 Å². The summed E-state index contributed by atoms with van der Waals surface area (Å²) < 4.78 is 12.2. The molecule has 4 aromatic heterocycles. The van der Waals surface area contributed by atoms with Crippen molar-refractivity contribution in [1.29, 1.82) is 0 Å². The number of aryl methyl sites for hydroxylation is 2. The molecule has 4 rings (SSSR count). The Hall–Kier alpha value is -2.78. The molecule has 4 aromatic rings. The van der Waals surface area contributed by atoms with Gasteiger partial charge in [0.25, 0.3) is 5.56 Å². The molecule has 7 nitrogen and oxygen atoms in total. The summed E-state index contributed by atoms with van der Waals surface area (Å²) in [6.45, 7) is 4.50. The maximum atomic E-state index is 13.2. The lowest BCUT2D eigenvalue weighted by molar-refractivity contribution is -0.118. The molecule has 150 valence electrons. The zero-order valence-corrected chi connectivity index (χ0v) is 17.6. The Labute approximate surface area is 174 Å². The summed E-state index contributed by atoms with van der Waals surface area (Å²) in [6.07, 6.45) is 3.13. The highest BCUT2D eigenvalue weighted by Crippen LogP contribution is 2.28. The zero-order chi connectivity index (χ0) is 20.4. The third kappa shape index (κ3) is 4.15. The summed E-state index contributed by atoms with van der Waals surface area (Å²) >= 11 is 2.72. The first-order chi connectivity index (χ1) is 14.0. The molecule has 29 heavy (non-hydrogen) atoms. The largest absolute Gasteiger partial charge is 0.467 e. The molecule has 0 saturated carbocycles. The highest BCUT2D eigenvalue weighted by atomic mass is 32.2. The van der Waals surface area contributed by atoms with E-state index in [9.17, 15) is 9.59 Å². The number of aromatic nitrogens is 2. The average Bonchev–Trinajstić information content (AvgIpc) is 3.44. The van der Waals surface area contributed by atoms with Crippen LogP contribution in [0.25, 0.3) is 10.2 Å². The molecule has 4 heterocycles. The van der Waals surface area contributed by atoms with Gasteiger partial charge in [0.1, 0.15) is 16.4 Å². The number of amides is 1. The molecule has 0 unspecified atom stereocenters. The van der Waals surface area contributed by atoms with E-state index < -0.39 is 0 Å². The number of hydrogen-bond acceptors (Lipinski definition) is 7. The van der Waals surface area contributed by atoms with Crippen molar-refractivity contribution < 1.29 is 13.6 Å². The molecule has 0 aliphatic rings. The number of carbonyl (C=O) groups is 1. The molecular formula is C20H19N3O4S2. The number of carbonyl (C=O) groups excluding carboxylic acids is 1. The molecule has 0 aromatic carbocycles. The molecule has 0 bridgehead atoms. The van der Waals surface area contributed by atoms with Crippen molar-refractivity contribution in [2.24, 2.45) is 0 Å². The first-order valence-corrected chi connectivity index (χ1v) is 10.8. The number of furan rings is 2. The molecule has 9 heteroatoms. The Balaban J connectivity index is 1.59. The van der Waals surface area contributed by atoms with Gasteiger partial charge in [-0.25, -0.2) is 4.98 Å². The van der Waals surface area contributed by atoms with Crippen LogP contribution in [-0.2, 0) is 17.9 Å². The first-order valence-electron chi connectivity index (χ1n) is 8.97. The van der Waals surface area contributed by atoms with Gasteiger partial charge in [0.05, 0.1) is 36.8 Å². The Morgan fingerprint density at radius 3 is 2.62 bits per heavy atom. The van der Waals surface area contributed by atoms with Crippen molar-refractivity contribution in [1.82, 2.24) is 14.9 Å². The van der Waals surface area contributed by atoms with Gasteiger partial charge in [0.15, 0.2) is 5.16 Å². The lowest BCUT2D eigenvalue weighted by Gasteiger charge is -2.11. The summed E-state index contributed by atoms with van der Waals surface area (Å²) in [7, 11) is 0. The number of hydrogen-bond donors (Lipinski definition) is 1. The van der Waals surface area contributed by atoms with E-state index in [0.717, 1.165) is 10.4 Å². The number of nitrogens with zero attached hydrogens (tertiary/aromatic N) is 2. The van der Waals surface area contributed by atoms with Gasteiger partial charge in [-0.1, -0.05) is 11.8 Å². The molecular weight excluding hydrogens is 410 g/mol. The van der Waals surface area contributed by atoms with Crippen LogP contribution in [0.4, 0.5) is 0 Å². The standard InChI is InChI=1S/C20H19N3O4S2/c1-12-13(2)29-18-17(12)19(25)23(10-15-6-4-8-27-15)20(22-18)28-11-16(24)21-9-14-5-3-7-26-14/h3-8H,9-11H2,1-2H3,(H,21,24). The Morgan fingerprint density at radius 1 is 1.21 bits per heavy atom. The van der Waals surface area contributed by atoms with Crippen molar-refractivity contribution >= 4 is 39.2 Å². The maximum absolute atomic E-state index is 13.2. The van der Waals surface area contributed by atoms with E-state index in [1.165, 1.54) is 23.1 Å². The second-order valence-electron chi connectivity index (χ2n) is 6.47. The molecule has 0 fully saturated rings. The van der Waals surface area contributed by atoms with Crippen molar-refractivity contribution in [2.45, 2.75) is 32.1 Å². The highest BCUT2D eigenvalue weighted by molar-refractivity contribution is 7.99. The average molecular weight is 430 g/mol. The molecule has 1 N–H and O–H groups in total. The van der Waals surface area contributed by atoms with Crippen LogP contribution in [0.5, 0.6) is 0 Å². The SMILES string of the molecule is Cc1sc2nc(SCC(=O)NCc3ccco3)n(Cc3ccco3)c(=O)c2c1C. The van der Waals surface area contributed by atoms with Crippen LogP contribution in [-0.4, -0.2) is 21.2 Å². The molecule has 0 spiro atoms. The van der Waals surface area contributed by atoms with Crippen molar-refractivity contribution in [2.75, 3.05) is 5.75 Å². The molecule has 0 aliphatic carbocycles. The minimum atomic E-state index is -0.163. The third-order valence-electron chi connectivity index (χ3n) is 4.52. The van der Waals surface area contributed by atoms with Gasteiger partial charge in [-0.3, -0.25) is 14.2 Å². The van der Waals surface area contributed by atoms with E-state index in [-0.39, 0.29) is 23.8 Å². The number of thiophene rings is 1. The number of fused-ring (bicyclic) bond motifs is 1. The number of thioether (sulfide) groups is 1. The number of rotatable bonds is 7. The second kappa shape index (κ2) is 8.30. The van der Waals surface area contributed by atoms with Crippen LogP contribution in [0.1, 0.15) is 22.0 Å². The smallest absolute Gasteiger partial charge is 0.263 e. The summed E-state index contributed by atoms with van der Waals surface area (Å²) in [5.41, 5.74) is 0.829. The Morgan fingerprint density at radius 2 is 1.93 bits per heavy atom. The van der Waals surface area contributed by atoms with E-state index in [4.69, 9.17) is 8.83 Å². The fraction of sp³-hybridized carbons (Fsp3) is 0.250. The van der Waals surface area contributed by atoms with Gasteiger partial charge >= 0.3 is 0 Å².